The number of para-hydroxylation sites is 3. The molecule has 0 atom stereocenters. The van der Waals surface area contributed by atoms with Crippen LogP contribution in [-0.4, -0.2) is 48.9 Å². The van der Waals surface area contributed by atoms with Crippen LogP contribution in [0.3, 0.4) is 0 Å². The number of carbonyl (C=O) groups is 4. The number of amides is 5. The Morgan fingerprint density at radius 1 is 0.921 bits per heavy atom. The highest BCUT2D eigenvalue weighted by atomic mass is 19.1. The van der Waals surface area contributed by atoms with Gasteiger partial charge in [-0.3, -0.25) is 14.4 Å². The van der Waals surface area contributed by atoms with Gasteiger partial charge in [-0.15, -0.1) is 0 Å². The van der Waals surface area contributed by atoms with Gasteiger partial charge < -0.3 is 25.4 Å². The topological polar surface area (TPSA) is 126 Å². The zero-order valence-corrected chi connectivity index (χ0v) is 20.2. The fourth-order valence-electron chi connectivity index (χ4n) is 3.56. The minimum absolute atomic E-state index is 0.0631. The molecule has 3 aromatic carbocycles. The first-order valence-electron chi connectivity index (χ1n) is 11.4. The molecule has 0 radical (unpaired) electrons. The molecule has 0 unspecified atom stereocenters. The molecule has 10 nitrogen and oxygen atoms in total. The molecular formula is C27H23FN4O6. The van der Waals surface area contributed by atoms with Crippen LogP contribution in [0, 0.1) is 5.82 Å². The molecule has 1 aliphatic heterocycles. The molecule has 11 heteroatoms. The van der Waals surface area contributed by atoms with Crippen LogP contribution in [0.25, 0.3) is 6.08 Å². The van der Waals surface area contributed by atoms with Crippen molar-refractivity contribution in [3.63, 3.8) is 0 Å². The number of nitrogens with zero attached hydrogens (tertiary/aromatic N) is 1. The van der Waals surface area contributed by atoms with E-state index >= 15 is 0 Å². The highest BCUT2D eigenvalue weighted by Crippen LogP contribution is 2.24. The molecule has 4 rings (SSSR count). The first kappa shape index (κ1) is 25.9. The van der Waals surface area contributed by atoms with Crippen LogP contribution >= 0.6 is 0 Å². The van der Waals surface area contributed by atoms with E-state index in [1.165, 1.54) is 37.5 Å². The third-order valence-electron chi connectivity index (χ3n) is 5.35. The van der Waals surface area contributed by atoms with Crippen LogP contribution in [0.15, 0.2) is 78.5 Å². The highest BCUT2D eigenvalue weighted by molar-refractivity contribution is 6.16. The zero-order valence-electron chi connectivity index (χ0n) is 20.2. The maximum absolute atomic E-state index is 13.0. The van der Waals surface area contributed by atoms with Gasteiger partial charge in [0.1, 0.15) is 29.6 Å². The van der Waals surface area contributed by atoms with Crippen molar-refractivity contribution in [2.75, 3.05) is 30.9 Å². The van der Waals surface area contributed by atoms with Gasteiger partial charge in [-0.2, -0.15) is 0 Å². The fraction of sp³-hybridized carbons (Fsp3) is 0.111. The molecule has 1 heterocycles. The van der Waals surface area contributed by atoms with Gasteiger partial charge in [0.05, 0.1) is 12.8 Å². The van der Waals surface area contributed by atoms with Crippen molar-refractivity contribution >= 4 is 41.2 Å². The average molecular weight is 519 g/mol. The van der Waals surface area contributed by atoms with Crippen LogP contribution < -0.4 is 25.4 Å². The van der Waals surface area contributed by atoms with Crippen molar-refractivity contribution in [1.29, 1.82) is 0 Å². The third-order valence-corrected chi connectivity index (χ3v) is 5.35. The van der Waals surface area contributed by atoms with E-state index in [2.05, 4.69) is 16.0 Å². The van der Waals surface area contributed by atoms with E-state index < -0.39 is 36.1 Å². The van der Waals surface area contributed by atoms with Crippen molar-refractivity contribution in [2.24, 2.45) is 0 Å². The molecule has 3 aromatic rings. The summed E-state index contributed by atoms with van der Waals surface area (Å²) < 4.78 is 23.8. The van der Waals surface area contributed by atoms with Crippen LogP contribution in [0.2, 0.25) is 0 Å². The van der Waals surface area contributed by atoms with E-state index in [1.807, 2.05) is 0 Å². The van der Waals surface area contributed by atoms with E-state index in [0.29, 0.717) is 22.7 Å². The summed E-state index contributed by atoms with van der Waals surface area (Å²) in [4.78, 5) is 50.8. The number of ether oxygens (including phenoxy) is 2. The lowest BCUT2D eigenvalue weighted by Crippen LogP contribution is -2.38. The quantitative estimate of drug-likeness (QED) is 0.295. The number of imide groups is 1. The highest BCUT2D eigenvalue weighted by Gasteiger charge is 2.35. The lowest BCUT2D eigenvalue weighted by molar-refractivity contribution is -0.127. The first-order valence-corrected chi connectivity index (χ1v) is 11.4. The summed E-state index contributed by atoms with van der Waals surface area (Å²) in [6, 6.07) is 17.9. The molecule has 1 aliphatic rings. The number of hydrogen-bond donors (Lipinski definition) is 3. The molecule has 0 aromatic heterocycles. The summed E-state index contributed by atoms with van der Waals surface area (Å²) in [6.07, 6.45) is 1.39. The van der Waals surface area contributed by atoms with Gasteiger partial charge in [0.25, 0.3) is 11.8 Å². The number of anilines is 2. The third kappa shape index (κ3) is 6.32. The standard InChI is InChI=1S/C27H23FN4O6/c1-37-23-9-5-3-7-20(23)30-24(33)15-32-26(35)21(31-27(32)36)14-17-6-2-4-8-22(17)38-16-25(34)29-19-12-10-18(28)11-13-19/h2-14H,15-16H2,1H3,(H,29,34)(H,30,33)(H,31,36)/b21-14+. The second-order valence-corrected chi connectivity index (χ2v) is 8.01. The summed E-state index contributed by atoms with van der Waals surface area (Å²) in [5.41, 5.74) is 1.17. The summed E-state index contributed by atoms with van der Waals surface area (Å²) in [6.45, 7) is -0.866. The number of carbonyl (C=O) groups excluding carboxylic acids is 4. The molecule has 5 amide bonds. The molecule has 1 fully saturated rings. The lowest BCUT2D eigenvalue weighted by atomic mass is 10.1. The normalized spacial score (nSPS) is 13.7. The Morgan fingerprint density at radius 3 is 2.34 bits per heavy atom. The van der Waals surface area contributed by atoms with Crippen molar-refractivity contribution in [2.45, 2.75) is 0 Å². The zero-order chi connectivity index (χ0) is 27.1. The van der Waals surface area contributed by atoms with E-state index in [-0.39, 0.29) is 18.1 Å². The number of benzene rings is 3. The summed E-state index contributed by atoms with van der Waals surface area (Å²) >= 11 is 0. The smallest absolute Gasteiger partial charge is 0.329 e. The molecule has 0 saturated carbocycles. The van der Waals surface area contributed by atoms with Gasteiger partial charge in [-0.25, -0.2) is 14.1 Å². The maximum atomic E-state index is 13.0. The van der Waals surface area contributed by atoms with Gasteiger partial charge in [0.15, 0.2) is 6.61 Å². The molecule has 0 bridgehead atoms. The molecule has 38 heavy (non-hydrogen) atoms. The molecule has 3 N–H and O–H groups in total. The Hall–Kier alpha value is -5.19. The second-order valence-electron chi connectivity index (χ2n) is 8.01. The van der Waals surface area contributed by atoms with Gasteiger partial charge >= 0.3 is 6.03 Å². The van der Waals surface area contributed by atoms with E-state index in [9.17, 15) is 23.6 Å². The predicted octanol–water partition coefficient (Wildman–Crippen LogP) is 3.38. The van der Waals surface area contributed by atoms with Crippen LogP contribution in [-0.2, 0) is 14.4 Å². The molecule has 0 aliphatic carbocycles. The Labute approximate surface area is 217 Å². The second kappa shape index (κ2) is 11.7. The van der Waals surface area contributed by atoms with Gasteiger partial charge in [0, 0.05) is 11.3 Å². The van der Waals surface area contributed by atoms with Crippen LogP contribution in [0.4, 0.5) is 20.6 Å². The van der Waals surface area contributed by atoms with Crippen molar-refractivity contribution < 1.29 is 33.0 Å². The summed E-state index contributed by atoms with van der Waals surface area (Å²) in [5, 5.41) is 7.65. The number of rotatable bonds is 9. The van der Waals surface area contributed by atoms with Crippen molar-refractivity contribution in [3.8, 4) is 11.5 Å². The molecule has 194 valence electrons. The monoisotopic (exact) mass is 518 g/mol. The van der Waals surface area contributed by atoms with E-state index in [1.54, 1.807) is 48.5 Å². The van der Waals surface area contributed by atoms with Crippen molar-refractivity contribution in [1.82, 2.24) is 10.2 Å². The summed E-state index contributed by atoms with van der Waals surface area (Å²) in [7, 11) is 1.46. The number of hydrogen-bond acceptors (Lipinski definition) is 6. The minimum atomic E-state index is -0.756. The number of methoxy groups -OCH3 is 1. The van der Waals surface area contributed by atoms with Gasteiger partial charge in [-0.1, -0.05) is 30.3 Å². The van der Waals surface area contributed by atoms with E-state index in [4.69, 9.17) is 9.47 Å². The number of nitrogens with one attached hydrogen (secondary N) is 3. The maximum Gasteiger partial charge on any atom is 0.329 e. The van der Waals surface area contributed by atoms with Gasteiger partial charge in [0.2, 0.25) is 5.91 Å². The Kier molecular flexibility index (Phi) is 7.97. The van der Waals surface area contributed by atoms with Crippen LogP contribution in [0.1, 0.15) is 5.56 Å². The Bertz CT molecular complexity index is 1410. The fourth-order valence-corrected chi connectivity index (χ4v) is 3.56. The molecule has 0 spiro atoms. The van der Waals surface area contributed by atoms with Crippen molar-refractivity contribution in [3.05, 3.63) is 89.9 Å². The SMILES string of the molecule is COc1ccccc1NC(=O)CN1C(=O)N/C(=C/c2ccccc2OCC(=O)Nc2ccc(F)cc2)C1=O. The molecular weight excluding hydrogens is 495 g/mol. The lowest BCUT2D eigenvalue weighted by Gasteiger charge is -2.13. The predicted molar refractivity (Wildman–Crippen MR) is 137 cm³/mol. The first-order chi connectivity index (χ1) is 18.3. The Morgan fingerprint density at radius 2 is 1.61 bits per heavy atom. The average Bonchev–Trinajstić information content (AvgIpc) is 3.17. The summed E-state index contributed by atoms with van der Waals surface area (Å²) in [5.74, 6) is -1.48. The van der Waals surface area contributed by atoms with E-state index in [0.717, 1.165) is 4.90 Å². The largest absolute Gasteiger partial charge is 0.495 e. The van der Waals surface area contributed by atoms with Gasteiger partial charge in [-0.05, 0) is 48.5 Å². The minimum Gasteiger partial charge on any atom is -0.495 e. The number of halogens is 1. The number of urea groups is 1. The van der Waals surface area contributed by atoms with Crippen LogP contribution in [0.5, 0.6) is 11.5 Å². The Balaban J connectivity index is 1.40. The molecule has 1 saturated heterocycles.